The quantitative estimate of drug-likeness (QED) is 0.128. The fourth-order valence-electron chi connectivity index (χ4n) is 3.00. The number of azide groups is 1. The second-order valence-corrected chi connectivity index (χ2v) is 11.0. The normalized spacial score (nSPS) is 26.6. The van der Waals surface area contributed by atoms with Crippen molar-refractivity contribution < 1.29 is 59.9 Å². The van der Waals surface area contributed by atoms with Crippen molar-refractivity contribution in [3.05, 3.63) is 34.3 Å². The number of phosphoric ester groups is 1. The molecular weight excluding hydrogens is 537 g/mol. The van der Waals surface area contributed by atoms with Gasteiger partial charge in [-0.3, -0.25) is 4.52 Å². The molecule has 3 rings (SSSR count). The molecule has 2 aromatic heterocycles. The van der Waals surface area contributed by atoms with Gasteiger partial charge in [-0.2, -0.15) is 18.0 Å². The predicted molar refractivity (Wildman–Crippen MR) is 102 cm³/mol. The third kappa shape index (κ3) is 6.14. The third-order valence-electron chi connectivity index (χ3n) is 4.12. The lowest BCUT2D eigenvalue weighted by Gasteiger charge is -2.24. The lowest BCUT2D eigenvalue weighted by atomic mass is 10.1. The maximum atomic E-state index is 14.9. The summed E-state index contributed by atoms with van der Waals surface area (Å²) in [4.78, 5) is 41.6. The van der Waals surface area contributed by atoms with Gasteiger partial charge < -0.3 is 30.0 Å². The van der Waals surface area contributed by atoms with E-state index in [1.54, 1.807) is 0 Å². The highest BCUT2D eigenvalue weighted by molar-refractivity contribution is 7.66. The molecule has 34 heavy (non-hydrogen) atoms. The predicted octanol–water partition coefficient (Wildman–Crippen LogP) is 1.60. The summed E-state index contributed by atoms with van der Waals surface area (Å²) in [7, 11) is -17.1. The van der Waals surface area contributed by atoms with Crippen LogP contribution in [0.3, 0.4) is 0 Å². The number of anilines is 1. The maximum Gasteiger partial charge on any atom is 0.490 e. The minimum atomic E-state index is -5.82. The van der Waals surface area contributed by atoms with Crippen LogP contribution in [0.4, 0.5) is 14.6 Å². The van der Waals surface area contributed by atoms with Gasteiger partial charge in [-0.25, -0.2) is 22.6 Å². The number of alkyl halides is 1. The molecule has 0 radical (unpaired) electrons. The lowest BCUT2D eigenvalue weighted by Crippen LogP contribution is -2.31. The number of halogens is 2. The van der Waals surface area contributed by atoms with Crippen molar-refractivity contribution in [3.8, 4) is 0 Å². The molecule has 1 saturated heterocycles. The van der Waals surface area contributed by atoms with Crippen molar-refractivity contribution in [1.29, 1.82) is 0 Å². The molecule has 1 aliphatic heterocycles. The lowest BCUT2D eigenvalue weighted by molar-refractivity contribution is -0.0737. The Labute approximate surface area is 186 Å². The molecule has 0 aliphatic carbocycles. The summed E-state index contributed by atoms with van der Waals surface area (Å²) in [6.45, 7) is -1.24. The standard InChI is InChI=1S/C11H14F2N7O11P3/c12-5-3-11(18-19-15,4-28-33(24,25)31-34(26,27)30-32(21,22)23)29-8(5)6-1-2-7-9(14)16-10(13)17-20(6)7/h1-2,5,8H,3-4H2,(H,24,25)(H,26,27)(H2,14,16,17)(H2,21,22,23)/t5-,8-,11?/m1/s1. The van der Waals surface area contributed by atoms with Crippen LogP contribution in [-0.2, 0) is 31.6 Å². The first-order chi connectivity index (χ1) is 15.6. The number of ether oxygens (including phenoxy) is 1. The molecule has 0 aromatic carbocycles. The molecule has 0 spiro atoms. The van der Waals surface area contributed by atoms with Crippen LogP contribution in [0, 0.1) is 6.08 Å². The number of fused-ring (bicyclic) bond motifs is 1. The Morgan fingerprint density at radius 3 is 2.59 bits per heavy atom. The molecule has 0 saturated carbocycles. The number of nitrogens with two attached hydrogens (primary N) is 1. The fraction of sp³-hybridized carbons (Fsp3) is 0.455. The van der Waals surface area contributed by atoms with E-state index < -0.39 is 60.6 Å². The summed E-state index contributed by atoms with van der Waals surface area (Å²) < 4.78 is 80.3. The number of phosphoric acid groups is 3. The summed E-state index contributed by atoms with van der Waals surface area (Å²) >= 11 is 0. The number of nitrogen functional groups attached to an aromatic ring is 1. The molecule has 1 fully saturated rings. The molecule has 18 nitrogen and oxygen atoms in total. The maximum absolute atomic E-state index is 14.9. The van der Waals surface area contributed by atoms with Crippen LogP contribution in [0.5, 0.6) is 0 Å². The van der Waals surface area contributed by atoms with Gasteiger partial charge in [0.1, 0.15) is 17.8 Å². The Kier molecular flexibility index (Phi) is 7.19. The van der Waals surface area contributed by atoms with E-state index in [0.717, 1.165) is 4.52 Å². The summed E-state index contributed by atoms with van der Waals surface area (Å²) in [5.74, 6) is -0.277. The Balaban J connectivity index is 1.82. The summed E-state index contributed by atoms with van der Waals surface area (Å²) in [6.07, 6.45) is -5.60. The zero-order chi connectivity index (χ0) is 25.5. The van der Waals surface area contributed by atoms with E-state index in [1.165, 1.54) is 12.1 Å². The van der Waals surface area contributed by atoms with Crippen molar-refractivity contribution in [3.63, 3.8) is 0 Å². The van der Waals surface area contributed by atoms with Gasteiger partial charge in [0, 0.05) is 11.3 Å². The van der Waals surface area contributed by atoms with Crippen molar-refractivity contribution >= 4 is 34.8 Å². The van der Waals surface area contributed by atoms with E-state index in [2.05, 4.69) is 33.3 Å². The summed E-state index contributed by atoms with van der Waals surface area (Å²) in [5.41, 5.74) is 12.1. The molecule has 1 aliphatic rings. The number of rotatable bonds is 9. The van der Waals surface area contributed by atoms with Gasteiger partial charge in [-0.05, 0) is 17.7 Å². The highest BCUT2D eigenvalue weighted by atomic mass is 31.3. The van der Waals surface area contributed by atoms with Crippen LogP contribution in [0.2, 0.25) is 0 Å². The van der Waals surface area contributed by atoms with Gasteiger partial charge in [0.25, 0.3) is 0 Å². The Hall–Kier alpha value is -2.04. The van der Waals surface area contributed by atoms with Crippen molar-refractivity contribution in [2.75, 3.05) is 12.3 Å². The third-order valence-corrected chi connectivity index (χ3v) is 7.90. The molecule has 3 heterocycles. The SMILES string of the molecule is [N-]=[N+]=NC1(COP(=O)(O)OP(=O)(O)OP(=O)(O)O)C[C@@H](F)[C@H](c2ccc3c(N)nc(F)nn23)O1. The topological polar surface area (TPSA) is 274 Å². The monoisotopic (exact) mass is 551 g/mol. The van der Waals surface area contributed by atoms with Gasteiger partial charge >= 0.3 is 29.5 Å². The number of nitrogens with zero attached hydrogens (tertiary/aromatic N) is 6. The highest BCUT2D eigenvalue weighted by Crippen LogP contribution is 2.66. The molecular formula is C11H14F2N7O11P3. The second-order valence-electron chi connectivity index (χ2n) is 6.58. The number of hydrogen-bond acceptors (Lipinski definition) is 11. The Morgan fingerprint density at radius 2 is 1.97 bits per heavy atom. The largest absolute Gasteiger partial charge is 0.490 e. The van der Waals surface area contributed by atoms with Gasteiger partial charge in [0.05, 0.1) is 12.3 Å². The van der Waals surface area contributed by atoms with E-state index in [1.807, 2.05) is 0 Å². The van der Waals surface area contributed by atoms with Gasteiger partial charge in [0.15, 0.2) is 11.5 Å². The van der Waals surface area contributed by atoms with Gasteiger partial charge in [-0.1, -0.05) is 5.11 Å². The van der Waals surface area contributed by atoms with E-state index >= 15 is 0 Å². The first-order valence-electron chi connectivity index (χ1n) is 8.52. The van der Waals surface area contributed by atoms with Crippen LogP contribution in [0.25, 0.3) is 16.0 Å². The van der Waals surface area contributed by atoms with Crippen molar-refractivity contribution in [2.24, 2.45) is 5.11 Å². The van der Waals surface area contributed by atoms with Crippen molar-refractivity contribution in [1.82, 2.24) is 14.6 Å². The minimum absolute atomic E-state index is 0.0850. The van der Waals surface area contributed by atoms with E-state index in [9.17, 15) is 32.3 Å². The van der Waals surface area contributed by atoms with Crippen LogP contribution in [0.1, 0.15) is 18.2 Å². The van der Waals surface area contributed by atoms with E-state index in [0.29, 0.717) is 0 Å². The fourth-order valence-corrected chi connectivity index (χ4v) is 6.06. The molecule has 0 bridgehead atoms. The first-order valence-corrected chi connectivity index (χ1v) is 13.0. The molecule has 6 N–H and O–H groups in total. The molecule has 0 amide bonds. The Bertz CT molecular complexity index is 1300. The van der Waals surface area contributed by atoms with Gasteiger partial charge in [0.2, 0.25) is 0 Å². The zero-order valence-corrected chi connectivity index (χ0v) is 18.9. The minimum Gasteiger partial charge on any atom is -0.382 e. The van der Waals surface area contributed by atoms with Crippen LogP contribution >= 0.6 is 23.5 Å². The molecule has 3 unspecified atom stereocenters. The van der Waals surface area contributed by atoms with Crippen molar-refractivity contribution in [2.45, 2.75) is 24.4 Å². The van der Waals surface area contributed by atoms with Crippen LogP contribution in [-0.4, -0.2) is 52.7 Å². The average Bonchev–Trinajstić information content (AvgIpc) is 3.19. The highest BCUT2D eigenvalue weighted by Gasteiger charge is 2.51. The van der Waals surface area contributed by atoms with E-state index in [4.69, 9.17) is 25.8 Å². The first kappa shape index (κ1) is 26.6. The number of hydrogen-bond donors (Lipinski definition) is 5. The average molecular weight is 551 g/mol. The summed E-state index contributed by atoms with van der Waals surface area (Å²) in [6, 6.07) is 2.57. The van der Waals surface area contributed by atoms with Crippen LogP contribution < -0.4 is 5.73 Å². The van der Waals surface area contributed by atoms with E-state index in [-0.39, 0.29) is 17.0 Å². The van der Waals surface area contributed by atoms with Gasteiger partial charge in [-0.15, -0.1) is 5.10 Å². The number of aromatic nitrogens is 3. The molecule has 188 valence electrons. The summed E-state index contributed by atoms with van der Waals surface area (Å²) in [5, 5.41) is 6.68. The molecule has 23 heteroatoms. The van der Waals surface area contributed by atoms with Crippen LogP contribution in [0.15, 0.2) is 17.2 Å². The zero-order valence-electron chi connectivity index (χ0n) is 16.2. The molecule has 2 aromatic rings. The molecule has 5 atom stereocenters. The second kappa shape index (κ2) is 9.20. The Morgan fingerprint density at radius 1 is 1.29 bits per heavy atom. The smallest absolute Gasteiger partial charge is 0.382 e.